The summed E-state index contributed by atoms with van der Waals surface area (Å²) in [5, 5.41) is 4.84. The summed E-state index contributed by atoms with van der Waals surface area (Å²) in [6, 6.07) is 0. The number of anilines is 1. The molecular weight excluding hydrogens is 278 g/mol. The lowest BCUT2D eigenvalue weighted by atomic mass is 10.1. The predicted molar refractivity (Wildman–Crippen MR) is 93.3 cm³/mol. The second-order valence-electron chi connectivity index (χ2n) is 6.65. The quantitative estimate of drug-likeness (QED) is 0.784. The van der Waals surface area contributed by atoms with E-state index in [1.54, 1.807) is 0 Å². The summed E-state index contributed by atoms with van der Waals surface area (Å²) < 4.78 is 0. The van der Waals surface area contributed by atoms with Gasteiger partial charge < -0.3 is 10.2 Å². The van der Waals surface area contributed by atoms with Crippen LogP contribution in [-0.2, 0) is 13.0 Å². The molecule has 1 aliphatic rings. The highest BCUT2D eigenvalue weighted by Crippen LogP contribution is 2.31. The first-order valence-corrected chi connectivity index (χ1v) is 9.39. The van der Waals surface area contributed by atoms with Gasteiger partial charge in [0.15, 0.2) is 5.13 Å². The fourth-order valence-corrected chi connectivity index (χ4v) is 4.00. The van der Waals surface area contributed by atoms with Crippen molar-refractivity contribution in [1.82, 2.24) is 10.3 Å². The molecule has 120 valence electrons. The maximum Gasteiger partial charge on any atom is 0.185 e. The van der Waals surface area contributed by atoms with Gasteiger partial charge in [-0.3, -0.25) is 0 Å². The zero-order valence-electron chi connectivity index (χ0n) is 14.1. The van der Waals surface area contributed by atoms with Crippen molar-refractivity contribution in [3.8, 4) is 0 Å². The molecule has 0 bridgehead atoms. The number of hydrogen-bond acceptors (Lipinski definition) is 4. The molecule has 0 amide bonds. The number of aromatic nitrogens is 1. The van der Waals surface area contributed by atoms with Gasteiger partial charge in [-0.25, -0.2) is 4.98 Å². The fourth-order valence-electron chi connectivity index (χ4n) is 2.89. The number of aryl methyl sites for hydroxylation is 1. The molecular formula is C17H31N3S. The van der Waals surface area contributed by atoms with Crippen LogP contribution in [-0.4, -0.2) is 24.6 Å². The monoisotopic (exact) mass is 309 g/mol. The Balaban J connectivity index is 2.02. The lowest BCUT2D eigenvalue weighted by Gasteiger charge is -2.14. The molecule has 1 unspecified atom stereocenters. The van der Waals surface area contributed by atoms with Gasteiger partial charge in [0.1, 0.15) is 0 Å². The Kier molecular flexibility index (Phi) is 6.49. The average Bonchev–Trinajstić information content (AvgIpc) is 3.06. The lowest BCUT2D eigenvalue weighted by Crippen LogP contribution is -2.19. The molecule has 2 heterocycles. The van der Waals surface area contributed by atoms with Crippen LogP contribution in [0.1, 0.15) is 57.5 Å². The maximum atomic E-state index is 4.95. The van der Waals surface area contributed by atoms with Crippen LogP contribution in [0.25, 0.3) is 0 Å². The normalized spacial score (nSPS) is 18.9. The minimum atomic E-state index is 0.705. The van der Waals surface area contributed by atoms with Crippen LogP contribution in [0, 0.1) is 11.8 Å². The summed E-state index contributed by atoms with van der Waals surface area (Å²) >= 11 is 1.91. The summed E-state index contributed by atoms with van der Waals surface area (Å²) in [4.78, 5) is 8.91. The molecule has 0 aromatic carbocycles. The minimum Gasteiger partial charge on any atom is -0.348 e. The SMILES string of the molecule is CCCc1nc(N2CCC(CC)C2)sc1CNCC(C)C. The van der Waals surface area contributed by atoms with E-state index < -0.39 is 0 Å². The van der Waals surface area contributed by atoms with Gasteiger partial charge in [-0.1, -0.05) is 40.5 Å². The molecule has 1 N–H and O–H groups in total. The van der Waals surface area contributed by atoms with E-state index in [4.69, 9.17) is 4.98 Å². The molecule has 1 aromatic heterocycles. The molecule has 4 heteroatoms. The van der Waals surface area contributed by atoms with E-state index in [-0.39, 0.29) is 0 Å². The van der Waals surface area contributed by atoms with Crippen molar-refractivity contribution < 1.29 is 0 Å². The molecule has 21 heavy (non-hydrogen) atoms. The molecule has 3 nitrogen and oxygen atoms in total. The molecule has 0 aliphatic carbocycles. The van der Waals surface area contributed by atoms with Crippen LogP contribution >= 0.6 is 11.3 Å². The number of nitrogens with zero attached hydrogens (tertiary/aromatic N) is 2. The molecule has 1 atom stereocenters. The van der Waals surface area contributed by atoms with Crippen LogP contribution in [0.4, 0.5) is 5.13 Å². The van der Waals surface area contributed by atoms with Crippen molar-refractivity contribution in [3.63, 3.8) is 0 Å². The van der Waals surface area contributed by atoms with E-state index in [2.05, 4.69) is 37.9 Å². The molecule has 1 fully saturated rings. The number of thiazole rings is 1. The summed E-state index contributed by atoms with van der Waals surface area (Å²) in [6.07, 6.45) is 4.92. The van der Waals surface area contributed by atoms with Crippen LogP contribution in [0.15, 0.2) is 0 Å². The van der Waals surface area contributed by atoms with Crippen LogP contribution in [0.2, 0.25) is 0 Å². The number of nitrogens with one attached hydrogen (secondary N) is 1. The van der Waals surface area contributed by atoms with Crippen LogP contribution in [0.5, 0.6) is 0 Å². The third kappa shape index (κ3) is 4.68. The highest BCUT2D eigenvalue weighted by molar-refractivity contribution is 7.15. The van der Waals surface area contributed by atoms with Gasteiger partial charge in [0.05, 0.1) is 5.69 Å². The Morgan fingerprint density at radius 3 is 2.81 bits per heavy atom. The summed E-state index contributed by atoms with van der Waals surface area (Å²) in [6.45, 7) is 13.5. The van der Waals surface area contributed by atoms with Gasteiger partial charge in [0, 0.05) is 24.5 Å². The van der Waals surface area contributed by atoms with E-state index >= 15 is 0 Å². The second-order valence-corrected chi connectivity index (χ2v) is 7.71. The van der Waals surface area contributed by atoms with Crippen molar-refractivity contribution in [1.29, 1.82) is 0 Å². The average molecular weight is 310 g/mol. The van der Waals surface area contributed by atoms with E-state index in [0.717, 1.165) is 25.4 Å². The van der Waals surface area contributed by atoms with Gasteiger partial charge in [-0.15, -0.1) is 11.3 Å². The predicted octanol–water partition coefficient (Wildman–Crippen LogP) is 4.08. The molecule has 1 aromatic rings. The third-order valence-electron chi connectivity index (χ3n) is 4.23. The van der Waals surface area contributed by atoms with Crippen molar-refractivity contribution in [3.05, 3.63) is 10.6 Å². The molecule has 1 aliphatic heterocycles. The van der Waals surface area contributed by atoms with Gasteiger partial charge in [-0.05, 0) is 31.2 Å². The maximum absolute atomic E-state index is 4.95. The highest BCUT2D eigenvalue weighted by Gasteiger charge is 2.24. The van der Waals surface area contributed by atoms with Crippen LogP contribution in [0.3, 0.4) is 0 Å². The number of hydrogen-bond donors (Lipinski definition) is 1. The van der Waals surface area contributed by atoms with Crippen molar-refractivity contribution >= 4 is 16.5 Å². The molecule has 0 spiro atoms. The summed E-state index contributed by atoms with van der Waals surface area (Å²) in [5.74, 6) is 1.57. The van der Waals surface area contributed by atoms with E-state index in [0.29, 0.717) is 5.92 Å². The minimum absolute atomic E-state index is 0.705. The topological polar surface area (TPSA) is 28.2 Å². The Morgan fingerprint density at radius 1 is 1.38 bits per heavy atom. The first-order chi connectivity index (χ1) is 10.1. The van der Waals surface area contributed by atoms with E-state index in [1.807, 2.05) is 11.3 Å². The van der Waals surface area contributed by atoms with Crippen molar-refractivity contribution in [2.75, 3.05) is 24.5 Å². The first kappa shape index (κ1) is 16.8. The molecule has 0 saturated carbocycles. The Morgan fingerprint density at radius 2 is 2.19 bits per heavy atom. The Hall–Kier alpha value is -0.610. The highest BCUT2D eigenvalue weighted by atomic mass is 32.1. The smallest absolute Gasteiger partial charge is 0.185 e. The van der Waals surface area contributed by atoms with Crippen molar-refractivity contribution in [2.24, 2.45) is 11.8 Å². The third-order valence-corrected chi connectivity index (χ3v) is 5.38. The van der Waals surface area contributed by atoms with Gasteiger partial charge >= 0.3 is 0 Å². The summed E-state index contributed by atoms with van der Waals surface area (Å²) in [7, 11) is 0. The van der Waals surface area contributed by atoms with Gasteiger partial charge in [0.25, 0.3) is 0 Å². The van der Waals surface area contributed by atoms with Gasteiger partial charge in [-0.2, -0.15) is 0 Å². The second kappa shape index (κ2) is 8.14. The first-order valence-electron chi connectivity index (χ1n) is 8.58. The Bertz CT molecular complexity index is 428. The van der Waals surface area contributed by atoms with E-state index in [1.165, 1.54) is 48.1 Å². The zero-order chi connectivity index (χ0) is 15.2. The number of rotatable bonds is 8. The largest absolute Gasteiger partial charge is 0.348 e. The standard InChI is InChI=1S/C17H31N3S/c1-5-7-15-16(11-18-10-13(3)4)21-17(19-15)20-9-8-14(6-2)12-20/h13-14,18H,5-12H2,1-4H3. The Labute approximate surface area is 134 Å². The fraction of sp³-hybridized carbons (Fsp3) is 0.824. The van der Waals surface area contributed by atoms with E-state index in [9.17, 15) is 0 Å². The van der Waals surface area contributed by atoms with Crippen LogP contribution < -0.4 is 10.2 Å². The summed E-state index contributed by atoms with van der Waals surface area (Å²) in [5.41, 5.74) is 1.33. The zero-order valence-corrected chi connectivity index (χ0v) is 14.9. The molecule has 1 saturated heterocycles. The van der Waals surface area contributed by atoms with Gasteiger partial charge in [0.2, 0.25) is 0 Å². The molecule has 0 radical (unpaired) electrons. The lowest BCUT2D eigenvalue weighted by molar-refractivity contribution is 0.553. The molecule has 2 rings (SSSR count). The van der Waals surface area contributed by atoms with Crippen molar-refractivity contribution in [2.45, 2.75) is 59.9 Å².